The van der Waals surface area contributed by atoms with E-state index in [0.29, 0.717) is 18.9 Å². The van der Waals surface area contributed by atoms with E-state index in [2.05, 4.69) is 33.8 Å². The number of fused-ring (bicyclic) bond motifs is 1. The van der Waals surface area contributed by atoms with E-state index in [-0.39, 0.29) is 35.9 Å². The van der Waals surface area contributed by atoms with E-state index in [4.69, 9.17) is 4.42 Å². The number of guanidine groups is 1. The van der Waals surface area contributed by atoms with Gasteiger partial charge < -0.3 is 20.0 Å². The van der Waals surface area contributed by atoms with Crippen LogP contribution in [0, 0.1) is 6.92 Å². The van der Waals surface area contributed by atoms with Crippen molar-refractivity contribution in [2.45, 2.75) is 45.7 Å². The van der Waals surface area contributed by atoms with Crippen molar-refractivity contribution in [3.63, 3.8) is 0 Å². The van der Waals surface area contributed by atoms with Crippen molar-refractivity contribution in [1.82, 2.24) is 15.5 Å². The highest BCUT2D eigenvalue weighted by molar-refractivity contribution is 14.0. The number of carbonyl (C=O) groups excluding carboxylic acids is 1. The summed E-state index contributed by atoms with van der Waals surface area (Å²) in [5.41, 5.74) is 2.64. The fraction of sp³-hybridized carbons (Fsp3) is 0.455. The molecular weight excluding hydrogens is 479 g/mol. The number of hydrogen-bond acceptors (Lipinski definition) is 3. The van der Waals surface area contributed by atoms with Crippen molar-refractivity contribution in [2.75, 3.05) is 20.1 Å². The Balaban J connectivity index is 0.00000300. The van der Waals surface area contributed by atoms with Crippen LogP contribution in [-0.4, -0.2) is 36.9 Å². The quantitative estimate of drug-likeness (QED) is 0.269. The molecule has 1 aromatic carbocycles. The minimum atomic E-state index is 0. The molecule has 1 aliphatic rings. The summed E-state index contributed by atoms with van der Waals surface area (Å²) in [5, 5.41) is 6.59. The van der Waals surface area contributed by atoms with Crippen molar-refractivity contribution in [3.05, 3.63) is 59.0 Å². The lowest BCUT2D eigenvalue weighted by atomic mass is 9.99. The van der Waals surface area contributed by atoms with Crippen molar-refractivity contribution >= 4 is 35.8 Å². The number of halogens is 1. The van der Waals surface area contributed by atoms with Crippen molar-refractivity contribution in [2.24, 2.45) is 4.99 Å². The molecule has 1 atom stereocenters. The van der Waals surface area contributed by atoms with Gasteiger partial charge in [-0.05, 0) is 49.9 Å². The summed E-state index contributed by atoms with van der Waals surface area (Å²) in [6.45, 7) is 6.20. The third-order valence-electron chi connectivity index (χ3n) is 5.11. The first-order valence-corrected chi connectivity index (χ1v) is 9.95. The molecule has 0 radical (unpaired) electrons. The summed E-state index contributed by atoms with van der Waals surface area (Å²) in [4.78, 5) is 18.7. The van der Waals surface area contributed by atoms with Gasteiger partial charge >= 0.3 is 0 Å². The first kappa shape index (κ1) is 23.3. The van der Waals surface area contributed by atoms with E-state index in [1.807, 2.05) is 36.9 Å². The van der Waals surface area contributed by atoms with Crippen LogP contribution in [0.3, 0.4) is 0 Å². The Kier molecular flexibility index (Phi) is 9.00. The van der Waals surface area contributed by atoms with Crippen LogP contribution >= 0.6 is 24.0 Å². The fourth-order valence-corrected chi connectivity index (χ4v) is 3.47. The molecule has 0 aliphatic carbocycles. The first-order chi connectivity index (χ1) is 13.6. The largest absolute Gasteiger partial charge is 0.464 e. The summed E-state index contributed by atoms with van der Waals surface area (Å²) in [6, 6.07) is 12.3. The number of nitrogens with one attached hydrogen (secondary N) is 2. The summed E-state index contributed by atoms with van der Waals surface area (Å²) in [5.74, 6) is 2.70. The topological polar surface area (TPSA) is 69.9 Å². The molecule has 2 aromatic rings. The number of aliphatic imine (C=N–C) groups is 1. The lowest BCUT2D eigenvalue weighted by Gasteiger charge is -2.29. The van der Waals surface area contributed by atoms with E-state index in [9.17, 15) is 4.79 Å². The van der Waals surface area contributed by atoms with E-state index in [0.717, 1.165) is 37.5 Å². The third-order valence-corrected chi connectivity index (χ3v) is 5.11. The van der Waals surface area contributed by atoms with Gasteiger partial charge in [0.15, 0.2) is 5.96 Å². The van der Waals surface area contributed by atoms with Crippen LogP contribution in [0.5, 0.6) is 0 Å². The van der Waals surface area contributed by atoms with E-state index < -0.39 is 0 Å². The zero-order valence-electron chi connectivity index (χ0n) is 17.4. The number of benzene rings is 1. The van der Waals surface area contributed by atoms with Gasteiger partial charge in [-0.2, -0.15) is 0 Å². The molecule has 6 nitrogen and oxygen atoms in total. The normalized spacial score (nSPS) is 14.6. The average Bonchev–Trinajstić information content (AvgIpc) is 3.16. The number of aryl methyl sites for hydroxylation is 1. The molecule has 29 heavy (non-hydrogen) atoms. The van der Waals surface area contributed by atoms with E-state index >= 15 is 0 Å². The molecule has 1 aliphatic heterocycles. The first-order valence-electron chi connectivity index (χ1n) is 9.95. The summed E-state index contributed by atoms with van der Waals surface area (Å²) in [6.07, 6.45) is 2.26. The Hall–Kier alpha value is -2.03. The second kappa shape index (κ2) is 11.2. The molecule has 0 bridgehead atoms. The minimum Gasteiger partial charge on any atom is -0.464 e. The SMILES string of the molecule is CN=C(NCCCC(=O)N1CCc2ccccc2C1)NC(C)c1ccc(C)o1.I. The van der Waals surface area contributed by atoms with Crippen LogP contribution in [0.4, 0.5) is 0 Å². The number of hydrogen-bond donors (Lipinski definition) is 2. The monoisotopic (exact) mass is 510 g/mol. The summed E-state index contributed by atoms with van der Waals surface area (Å²) >= 11 is 0. The van der Waals surface area contributed by atoms with Crippen molar-refractivity contribution in [1.29, 1.82) is 0 Å². The lowest BCUT2D eigenvalue weighted by molar-refractivity contribution is -0.132. The predicted octanol–water partition coefficient (Wildman–Crippen LogP) is 3.80. The molecule has 0 saturated carbocycles. The van der Waals surface area contributed by atoms with Gasteiger partial charge in [0.2, 0.25) is 5.91 Å². The van der Waals surface area contributed by atoms with Gasteiger partial charge in [-0.1, -0.05) is 24.3 Å². The zero-order valence-corrected chi connectivity index (χ0v) is 19.7. The Morgan fingerprint density at radius 3 is 2.69 bits per heavy atom. The van der Waals surface area contributed by atoms with Gasteiger partial charge in [0.05, 0.1) is 6.04 Å². The van der Waals surface area contributed by atoms with Crippen LogP contribution in [0.15, 0.2) is 45.8 Å². The van der Waals surface area contributed by atoms with Crippen molar-refractivity contribution < 1.29 is 9.21 Å². The van der Waals surface area contributed by atoms with Gasteiger partial charge in [-0.3, -0.25) is 9.79 Å². The number of furan rings is 1. The molecule has 2 heterocycles. The fourth-order valence-electron chi connectivity index (χ4n) is 3.47. The molecule has 0 spiro atoms. The molecule has 1 unspecified atom stereocenters. The summed E-state index contributed by atoms with van der Waals surface area (Å²) in [7, 11) is 1.74. The lowest BCUT2D eigenvalue weighted by Crippen LogP contribution is -2.40. The molecule has 1 amide bonds. The molecule has 1 aromatic heterocycles. The van der Waals surface area contributed by atoms with E-state index in [1.165, 1.54) is 11.1 Å². The highest BCUT2D eigenvalue weighted by Crippen LogP contribution is 2.19. The Labute approximate surface area is 190 Å². The molecule has 0 fully saturated rings. The smallest absolute Gasteiger partial charge is 0.222 e. The molecular formula is C22H31IN4O2. The predicted molar refractivity (Wildman–Crippen MR) is 127 cm³/mol. The van der Waals surface area contributed by atoms with Crippen LogP contribution < -0.4 is 10.6 Å². The third kappa shape index (κ3) is 6.48. The Bertz CT molecular complexity index is 834. The molecule has 2 N–H and O–H groups in total. The Morgan fingerprint density at radius 2 is 2.00 bits per heavy atom. The van der Waals surface area contributed by atoms with Gasteiger partial charge in [-0.25, -0.2) is 0 Å². The minimum absolute atomic E-state index is 0. The maximum atomic E-state index is 12.5. The number of amides is 1. The van der Waals surface area contributed by atoms with Gasteiger partial charge in [0.25, 0.3) is 0 Å². The standard InChI is InChI=1S/C22H30N4O2.HI/c1-16-10-11-20(28-16)17(2)25-22(23-3)24-13-6-9-21(27)26-14-12-18-7-4-5-8-19(18)15-26;/h4-5,7-8,10-11,17H,6,9,12-15H2,1-3H3,(H2,23,24,25);1H. The summed E-state index contributed by atoms with van der Waals surface area (Å²) < 4.78 is 5.64. The van der Waals surface area contributed by atoms with Gasteiger partial charge in [0.1, 0.15) is 11.5 Å². The molecule has 3 rings (SSSR count). The highest BCUT2D eigenvalue weighted by Gasteiger charge is 2.19. The number of rotatable bonds is 6. The molecule has 158 valence electrons. The maximum absolute atomic E-state index is 12.5. The number of nitrogens with zero attached hydrogens (tertiary/aromatic N) is 2. The van der Waals surface area contributed by atoms with Crippen LogP contribution in [-0.2, 0) is 17.8 Å². The van der Waals surface area contributed by atoms with Gasteiger partial charge in [-0.15, -0.1) is 24.0 Å². The maximum Gasteiger partial charge on any atom is 0.222 e. The Morgan fingerprint density at radius 1 is 1.24 bits per heavy atom. The average molecular weight is 510 g/mol. The zero-order chi connectivity index (χ0) is 19.9. The van der Waals surface area contributed by atoms with E-state index in [1.54, 1.807) is 7.05 Å². The van der Waals surface area contributed by atoms with Gasteiger partial charge in [0, 0.05) is 33.1 Å². The van der Waals surface area contributed by atoms with Crippen LogP contribution in [0.2, 0.25) is 0 Å². The number of carbonyl (C=O) groups is 1. The highest BCUT2D eigenvalue weighted by atomic mass is 127. The second-order valence-electron chi connectivity index (χ2n) is 7.25. The van der Waals surface area contributed by atoms with Crippen LogP contribution in [0.1, 0.15) is 48.5 Å². The molecule has 0 saturated heterocycles. The van der Waals surface area contributed by atoms with Crippen LogP contribution in [0.25, 0.3) is 0 Å². The molecule has 7 heteroatoms. The van der Waals surface area contributed by atoms with Crippen molar-refractivity contribution in [3.8, 4) is 0 Å². The second-order valence-corrected chi connectivity index (χ2v) is 7.25.